The number of hydrogen-bond acceptors (Lipinski definition) is 7. The van der Waals surface area contributed by atoms with Crippen molar-refractivity contribution in [3.05, 3.63) is 52.7 Å². The fourth-order valence-corrected chi connectivity index (χ4v) is 4.42. The standard InChI is InChI=1S/C23H20ClF2NO6/c1-11-8-12(27-13-6-4-5-7-14(13)32-22(25)26)9-17(28)23(11)21(29)18-15(30-2)10-16(31-3)19(24)20(18)33-23/h4-7,9-11,22,27H,8H2,1-3H3/t11-,23+/m1/s1. The van der Waals surface area contributed by atoms with Gasteiger partial charge in [-0.3, -0.25) is 9.59 Å². The maximum absolute atomic E-state index is 13.5. The first kappa shape index (κ1) is 22.8. The number of carbonyl (C=O) groups is 2. The molecular weight excluding hydrogens is 460 g/mol. The van der Waals surface area contributed by atoms with E-state index in [1.807, 2.05) is 0 Å². The maximum atomic E-state index is 13.5. The number of halogens is 3. The zero-order valence-corrected chi connectivity index (χ0v) is 18.7. The molecule has 33 heavy (non-hydrogen) atoms. The smallest absolute Gasteiger partial charge is 0.387 e. The lowest BCUT2D eigenvalue weighted by atomic mass is 9.74. The Bertz CT molecular complexity index is 1170. The molecule has 0 radical (unpaired) electrons. The van der Waals surface area contributed by atoms with Crippen molar-refractivity contribution in [2.24, 2.45) is 5.92 Å². The highest BCUT2D eigenvalue weighted by Crippen LogP contribution is 2.53. The average Bonchev–Trinajstić information content (AvgIpc) is 3.09. The summed E-state index contributed by atoms with van der Waals surface area (Å²) in [6.45, 7) is -1.31. The summed E-state index contributed by atoms with van der Waals surface area (Å²) in [6.07, 6.45) is 1.45. The SMILES string of the molecule is COc1cc(OC)c2c(c1Cl)O[C@@]1(C(=O)C=C(Nc3ccccc3OC(F)F)C[C@H]1C)C2=O. The summed E-state index contributed by atoms with van der Waals surface area (Å²) in [6, 6.07) is 7.57. The van der Waals surface area contributed by atoms with Crippen molar-refractivity contribution >= 4 is 28.9 Å². The molecule has 4 rings (SSSR count). The van der Waals surface area contributed by atoms with E-state index in [1.165, 1.54) is 32.4 Å². The minimum atomic E-state index is -3.00. The lowest BCUT2D eigenvalue weighted by Gasteiger charge is -2.35. The molecule has 1 spiro atoms. The molecule has 1 aliphatic heterocycles. The third-order valence-electron chi connectivity index (χ3n) is 5.71. The van der Waals surface area contributed by atoms with E-state index in [-0.39, 0.29) is 45.7 Å². The fraction of sp³-hybridized carbons (Fsp3) is 0.304. The summed E-state index contributed by atoms with van der Waals surface area (Å²) in [7, 11) is 2.79. The predicted octanol–water partition coefficient (Wildman–Crippen LogP) is 4.88. The number of allylic oxidation sites excluding steroid dienone is 1. The molecule has 0 unspecified atom stereocenters. The molecule has 2 aromatic rings. The van der Waals surface area contributed by atoms with Crippen LogP contribution in [0, 0.1) is 5.92 Å². The van der Waals surface area contributed by atoms with Crippen molar-refractivity contribution < 1.29 is 37.3 Å². The van der Waals surface area contributed by atoms with Gasteiger partial charge in [-0.05, 0) is 18.6 Å². The highest BCUT2D eigenvalue weighted by Gasteiger charge is 2.60. The summed E-state index contributed by atoms with van der Waals surface area (Å²) >= 11 is 6.37. The molecule has 7 nitrogen and oxygen atoms in total. The number of Topliss-reactive ketones (excluding diaryl/α,β-unsaturated/α-hetero) is 1. The highest BCUT2D eigenvalue weighted by molar-refractivity contribution is 6.36. The lowest BCUT2D eigenvalue weighted by Crippen LogP contribution is -2.55. The molecule has 2 aromatic carbocycles. The Balaban J connectivity index is 1.69. The fourth-order valence-electron chi connectivity index (χ4n) is 4.16. The van der Waals surface area contributed by atoms with E-state index in [0.717, 1.165) is 0 Å². The molecule has 0 bridgehead atoms. The van der Waals surface area contributed by atoms with Crippen LogP contribution in [0.15, 0.2) is 42.1 Å². The molecule has 1 aliphatic carbocycles. The van der Waals surface area contributed by atoms with Crippen molar-refractivity contribution in [2.75, 3.05) is 19.5 Å². The average molecular weight is 480 g/mol. The van der Waals surface area contributed by atoms with Crippen molar-refractivity contribution in [3.63, 3.8) is 0 Å². The number of hydrogen-bond donors (Lipinski definition) is 1. The Kier molecular flexibility index (Phi) is 5.92. The monoisotopic (exact) mass is 479 g/mol. The number of ketones is 2. The normalized spacial score (nSPS) is 21.5. The highest BCUT2D eigenvalue weighted by atomic mass is 35.5. The molecule has 0 saturated carbocycles. The Morgan fingerprint density at radius 2 is 1.85 bits per heavy atom. The van der Waals surface area contributed by atoms with E-state index >= 15 is 0 Å². The molecular formula is C23H20ClF2NO6. The second-order valence-corrected chi connectivity index (χ2v) is 7.98. The van der Waals surface area contributed by atoms with E-state index in [2.05, 4.69) is 10.1 Å². The number of alkyl halides is 2. The zero-order chi connectivity index (χ0) is 23.9. The number of methoxy groups -OCH3 is 2. The van der Waals surface area contributed by atoms with Crippen molar-refractivity contribution in [2.45, 2.75) is 25.6 Å². The summed E-state index contributed by atoms with van der Waals surface area (Å²) < 4.78 is 46.5. The second-order valence-electron chi connectivity index (χ2n) is 7.60. The third kappa shape index (κ3) is 3.66. The van der Waals surface area contributed by atoms with Gasteiger partial charge < -0.3 is 24.3 Å². The lowest BCUT2D eigenvalue weighted by molar-refractivity contribution is -0.129. The van der Waals surface area contributed by atoms with E-state index in [1.54, 1.807) is 25.1 Å². The molecule has 1 N–H and O–H groups in total. The summed E-state index contributed by atoms with van der Waals surface area (Å²) in [5, 5.41) is 3.01. The zero-order valence-electron chi connectivity index (χ0n) is 17.9. The van der Waals surface area contributed by atoms with Crippen LogP contribution in [0.25, 0.3) is 0 Å². The molecule has 0 aromatic heterocycles. The van der Waals surface area contributed by atoms with Gasteiger partial charge in [-0.25, -0.2) is 0 Å². The summed E-state index contributed by atoms with van der Waals surface area (Å²) in [5.74, 6) is -1.41. The van der Waals surface area contributed by atoms with Gasteiger partial charge in [0.15, 0.2) is 5.75 Å². The molecule has 2 aliphatic rings. The van der Waals surface area contributed by atoms with Crippen LogP contribution in [0.1, 0.15) is 23.7 Å². The third-order valence-corrected chi connectivity index (χ3v) is 6.07. The van der Waals surface area contributed by atoms with E-state index < -0.39 is 29.7 Å². The van der Waals surface area contributed by atoms with Gasteiger partial charge in [0, 0.05) is 23.8 Å². The second kappa shape index (κ2) is 8.55. The van der Waals surface area contributed by atoms with Crippen LogP contribution in [-0.2, 0) is 4.79 Å². The Morgan fingerprint density at radius 1 is 1.15 bits per heavy atom. The minimum Gasteiger partial charge on any atom is -0.496 e. The largest absolute Gasteiger partial charge is 0.496 e. The van der Waals surface area contributed by atoms with Gasteiger partial charge in [0.25, 0.3) is 0 Å². The first-order chi connectivity index (χ1) is 15.7. The maximum Gasteiger partial charge on any atom is 0.387 e. The number of carbonyl (C=O) groups excluding carboxylic acids is 2. The number of fused-ring (bicyclic) bond motifs is 1. The van der Waals surface area contributed by atoms with Gasteiger partial charge in [0.05, 0.1) is 19.9 Å². The Hall–Kier alpha value is -3.33. The summed E-state index contributed by atoms with van der Waals surface area (Å²) in [4.78, 5) is 26.8. The molecule has 2 atom stereocenters. The quantitative estimate of drug-likeness (QED) is 0.591. The molecule has 10 heteroatoms. The van der Waals surface area contributed by atoms with Gasteiger partial charge in [0.2, 0.25) is 17.2 Å². The number of para-hydroxylation sites is 2. The van der Waals surface area contributed by atoms with Crippen LogP contribution in [0.5, 0.6) is 23.0 Å². The van der Waals surface area contributed by atoms with E-state index in [4.69, 9.17) is 25.8 Å². The van der Waals surface area contributed by atoms with E-state index in [9.17, 15) is 18.4 Å². The van der Waals surface area contributed by atoms with Crippen LogP contribution >= 0.6 is 11.6 Å². The van der Waals surface area contributed by atoms with Crippen LogP contribution in [0.4, 0.5) is 14.5 Å². The number of ether oxygens (including phenoxy) is 4. The molecule has 0 amide bonds. The van der Waals surface area contributed by atoms with Crippen LogP contribution < -0.4 is 24.3 Å². The van der Waals surface area contributed by atoms with Crippen LogP contribution in [0.2, 0.25) is 5.02 Å². The van der Waals surface area contributed by atoms with Crippen molar-refractivity contribution in [1.82, 2.24) is 0 Å². The minimum absolute atomic E-state index is 0.0264. The topological polar surface area (TPSA) is 83.1 Å². The number of benzene rings is 2. The van der Waals surface area contributed by atoms with Crippen LogP contribution in [-0.4, -0.2) is 38.0 Å². The van der Waals surface area contributed by atoms with Gasteiger partial charge in [-0.1, -0.05) is 30.7 Å². The number of nitrogens with one attached hydrogen (secondary N) is 1. The molecule has 174 valence electrons. The number of anilines is 1. The Morgan fingerprint density at radius 3 is 2.48 bits per heavy atom. The van der Waals surface area contributed by atoms with Gasteiger partial charge in [0.1, 0.15) is 27.8 Å². The first-order valence-electron chi connectivity index (χ1n) is 9.97. The van der Waals surface area contributed by atoms with E-state index in [0.29, 0.717) is 5.70 Å². The Labute approximate surface area is 193 Å². The molecule has 0 fully saturated rings. The van der Waals surface area contributed by atoms with Gasteiger partial charge in [-0.2, -0.15) is 8.78 Å². The van der Waals surface area contributed by atoms with Gasteiger partial charge >= 0.3 is 6.61 Å². The van der Waals surface area contributed by atoms with Gasteiger partial charge in [-0.15, -0.1) is 0 Å². The first-order valence-corrected chi connectivity index (χ1v) is 10.3. The summed E-state index contributed by atoms with van der Waals surface area (Å²) in [5.41, 5.74) is -1.07. The van der Waals surface area contributed by atoms with Crippen LogP contribution in [0.3, 0.4) is 0 Å². The number of rotatable bonds is 6. The molecule has 1 heterocycles. The predicted molar refractivity (Wildman–Crippen MR) is 116 cm³/mol. The van der Waals surface area contributed by atoms with Crippen molar-refractivity contribution in [1.29, 1.82) is 0 Å². The molecule has 0 saturated heterocycles. The van der Waals surface area contributed by atoms with Crippen molar-refractivity contribution in [3.8, 4) is 23.0 Å².